The van der Waals surface area contributed by atoms with Crippen molar-refractivity contribution in [3.05, 3.63) is 28.8 Å². The van der Waals surface area contributed by atoms with E-state index in [0.29, 0.717) is 11.3 Å². The van der Waals surface area contributed by atoms with Crippen LogP contribution in [0.15, 0.2) is 12.1 Å². The summed E-state index contributed by atoms with van der Waals surface area (Å²) in [5, 5.41) is 0. The number of aryl methyl sites for hydroxylation is 1. The Hall–Kier alpha value is -1.51. The van der Waals surface area contributed by atoms with Crippen LogP contribution >= 0.6 is 0 Å². The van der Waals surface area contributed by atoms with Crippen molar-refractivity contribution >= 4 is 11.6 Å². The molecule has 0 saturated carbocycles. The van der Waals surface area contributed by atoms with Gasteiger partial charge in [0.1, 0.15) is 0 Å². The van der Waals surface area contributed by atoms with Crippen LogP contribution in [0, 0.1) is 13.8 Å². The lowest BCUT2D eigenvalue weighted by atomic mass is 10.0. The van der Waals surface area contributed by atoms with Crippen LogP contribution in [0.3, 0.4) is 0 Å². The van der Waals surface area contributed by atoms with Crippen molar-refractivity contribution in [2.45, 2.75) is 13.8 Å². The second kappa shape index (κ2) is 2.85. The fourth-order valence-corrected chi connectivity index (χ4v) is 1.16. The number of nitrogens with two attached hydrogens (primary N) is 2. The molecule has 0 heterocycles. The maximum Gasteiger partial charge on any atom is 0.251 e. The van der Waals surface area contributed by atoms with Crippen molar-refractivity contribution in [2.24, 2.45) is 5.73 Å². The lowest BCUT2D eigenvalue weighted by molar-refractivity contribution is 0.100. The second-order valence-corrected chi connectivity index (χ2v) is 2.84. The fraction of sp³-hybridized carbons (Fsp3) is 0.222. The molecule has 0 unspecified atom stereocenters. The molecule has 1 aromatic rings. The zero-order chi connectivity index (χ0) is 9.30. The predicted molar refractivity (Wildman–Crippen MR) is 48.8 cm³/mol. The summed E-state index contributed by atoms with van der Waals surface area (Å²) in [5.41, 5.74) is 13.5. The summed E-state index contributed by atoms with van der Waals surface area (Å²) in [7, 11) is 0. The van der Waals surface area contributed by atoms with Gasteiger partial charge in [0.15, 0.2) is 0 Å². The molecule has 0 bridgehead atoms. The van der Waals surface area contributed by atoms with Crippen LogP contribution in [0.25, 0.3) is 0 Å². The molecule has 1 rings (SSSR count). The molecular formula is C9H12N2O. The Kier molecular flexibility index (Phi) is 2.04. The van der Waals surface area contributed by atoms with Crippen LogP contribution in [0.1, 0.15) is 21.5 Å². The molecule has 0 saturated heterocycles. The summed E-state index contributed by atoms with van der Waals surface area (Å²) >= 11 is 0. The number of carbonyl (C=O) groups is 1. The number of rotatable bonds is 1. The van der Waals surface area contributed by atoms with Gasteiger partial charge in [0, 0.05) is 5.69 Å². The predicted octanol–water partition coefficient (Wildman–Crippen LogP) is 0.985. The highest BCUT2D eigenvalue weighted by Gasteiger charge is 2.09. The molecule has 0 aliphatic carbocycles. The molecule has 12 heavy (non-hydrogen) atoms. The van der Waals surface area contributed by atoms with E-state index >= 15 is 0 Å². The fourth-order valence-electron chi connectivity index (χ4n) is 1.16. The minimum atomic E-state index is -0.464. The average molecular weight is 164 g/mol. The molecule has 0 aromatic heterocycles. The van der Waals surface area contributed by atoms with Crippen molar-refractivity contribution < 1.29 is 4.79 Å². The van der Waals surface area contributed by atoms with Crippen LogP contribution in [-0.4, -0.2) is 5.91 Å². The Morgan fingerprint density at radius 1 is 1.33 bits per heavy atom. The van der Waals surface area contributed by atoms with Crippen molar-refractivity contribution in [1.29, 1.82) is 0 Å². The number of nitrogen functional groups attached to an aromatic ring is 1. The number of hydrogen-bond acceptors (Lipinski definition) is 2. The monoisotopic (exact) mass is 164 g/mol. The van der Waals surface area contributed by atoms with E-state index in [1.165, 1.54) is 0 Å². The van der Waals surface area contributed by atoms with Gasteiger partial charge < -0.3 is 11.5 Å². The quantitative estimate of drug-likeness (QED) is 0.607. The number of hydrogen-bond donors (Lipinski definition) is 2. The third-order valence-corrected chi connectivity index (χ3v) is 2.01. The van der Waals surface area contributed by atoms with Crippen LogP contribution in [0.2, 0.25) is 0 Å². The molecule has 64 valence electrons. The lowest BCUT2D eigenvalue weighted by Gasteiger charge is -2.07. The Bertz CT molecular complexity index is 332. The van der Waals surface area contributed by atoms with Crippen LogP contribution in [0.5, 0.6) is 0 Å². The first kappa shape index (κ1) is 8.59. The van der Waals surface area contributed by atoms with Crippen molar-refractivity contribution in [3.63, 3.8) is 0 Å². The maximum absolute atomic E-state index is 10.9. The molecule has 3 heteroatoms. The van der Waals surface area contributed by atoms with E-state index in [1.807, 2.05) is 19.9 Å². The normalized spacial score (nSPS) is 9.83. The number of benzene rings is 1. The van der Waals surface area contributed by atoms with Gasteiger partial charge in [-0.05, 0) is 31.0 Å². The molecule has 1 aromatic carbocycles. The van der Waals surface area contributed by atoms with Gasteiger partial charge in [-0.1, -0.05) is 6.07 Å². The Balaban J connectivity index is 3.43. The molecule has 0 spiro atoms. The standard InChI is InChI=1S/C9H12N2O/c1-5-3-4-7(10)8(6(5)2)9(11)12/h3-4H,10H2,1-2H3,(H2,11,12). The lowest BCUT2D eigenvalue weighted by Crippen LogP contribution is -2.15. The van der Waals surface area contributed by atoms with E-state index in [9.17, 15) is 4.79 Å². The molecule has 0 aliphatic heterocycles. The van der Waals surface area contributed by atoms with Crippen molar-refractivity contribution in [2.75, 3.05) is 5.73 Å². The highest BCUT2D eigenvalue weighted by molar-refractivity contribution is 5.99. The molecule has 3 nitrogen and oxygen atoms in total. The topological polar surface area (TPSA) is 69.1 Å². The summed E-state index contributed by atoms with van der Waals surface area (Å²) < 4.78 is 0. The van der Waals surface area contributed by atoms with E-state index < -0.39 is 5.91 Å². The van der Waals surface area contributed by atoms with Gasteiger partial charge in [0.05, 0.1) is 5.56 Å². The number of carbonyl (C=O) groups excluding carboxylic acids is 1. The molecule has 0 fully saturated rings. The van der Waals surface area contributed by atoms with Gasteiger partial charge in [-0.25, -0.2) is 0 Å². The number of primary amides is 1. The highest BCUT2D eigenvalue weighted by atomic mass is 16.1. The Morgan fingerprint density at radius 2 is 1.92 bits per heavy atom. The van der Waals surface area contributed by atoms with Gasteiger partial charge >= 0.3 is 0 Å². The first-order valence-corrected chi connectivity index (χ1v) is 3.69. The molecule has 0 aliphatic rings. The maximum atomic E-state index is 10.9. The van der Waals surface area contributed by atoms with Crippen LogP contribution < -0.4 is 11.5 Å². The highest BCUT2D eigenvalue weighted by Crippen LogP contribution is 2.18. The zero-order valence-corrected chi connectivity index (χ0v) is 7.22. The zero-order valence-electron chi connectivity index (χ0n) is 7.22. The van der Waals surface area contributed by atoms with Crippen LogP contribution in [-0.2, 0) is 0 Å². The van der Waals surface area contributed by atoms with E-state index in [1.54, 1.807) is 6.07 Å². The Morgan fingerprint density at radius 3 is 2.33 bits per heavy atom. The largest absolute Gasteiger partial charge is 0.398 e. The smallest absolute Gasteiger partial charge is 0.251 e. The first-order valence-electron chi connectivity index (χ1n) is 3.69. The molecule has 1 amide bonds. The molecular weight excluding hydrogens is 152 g/mol. The van der Waals surface area contributed by atoms with Gasteiger partial charge in [0.2, 0.25) is 0 Å². The minimum Gasteiger partial charge on any atom is -0.398 e. The summed E-state index contributed by atoms with van der Waals surface area (Å²) in [5.74, 6) is -0.464. The third-order valence-electron chi connectivity index (χ3n) is 2.01. The SMILES string of the molecule is Cc1ccc(N)c(C(N)=O)c1C. The summed E-state index contributed by atoms with van der Waals surface area (Å²) in [6, 6.07) is 3.57. The van der Waals surface area contributed by atoms with Gasteiger partial charge in [-0.2, -0.15) is 0 Å². The van der Waals surface area contributed by atoms with Gasteiger partial charge in [0.25, 0.3) is 5.91 Å². The van der Waals surface area contributed by atoms with Crippen molar-refractivity contribution in [1.82, 2.24) is 0 Å². The van der Waals surface area contributed by atoms with E-state index in [4.69, 9.17) is 11.5 Å². The van der Waals surface area contributed by atoms with E-state index in [2.05, 4.69) is 0 Å². The summed E-state index contributed by atoms with van der Waals surface area (Å²) in [6.07, 6.45) is 0. The van der Waals surface area contributed by atoms with E-state index in [0.717, 1.165) is 11.1 Å². The van der Waals surface area contributed by atoms with Gasteiger partial charge in [-0.3, -0.25) is 4.79 Å². The van der Waals surface area contributed by atoms with Gasteiger partial charge in [-0.15, -0.1) is 0 Å². The average Bonchev–Trinajstić information content (AvgIpc) is 1.97. The first-order chi connectivity index (χ1) is 5.54. The number of amides is 1. The van der Waals surface area contributed by atoms with Crippen molar-refractivity contribution in [3.8, 4) is 0 Å². The summed E-state index contributed by atoms with van der Waals surface area (Å²) in [6.45, 7) is 3.76. The third kappa shape index (κ3) is 1.25. The second-order valence-electron chi connectivity index (χ2n) is 2.84. The number of anilines is 1. The van der Waals surface area contributed by atoms with E-state index in [-0.39, 0.29) is 0 Å². The molecule has 0 atom stereocenters. The van der Waals surface area contributed by atoms with Crippen LogP contribution in [0.4, 0.5) is 5.69 Å². The summed E-state index contributed by atoms with van der Waals surface area (Å²) in [4.78, 5) is 10.9. The minimum absolute atomic E-state index is 0.440. The Labute approximate surface area is 71.4 Å². The molecule has 0 radical (unpaired) electrons. The molecule has 4 N–H and O–H groups in total.